The van der Waals surface area contributed by atoms with E-state index in [1.165, 1.54) is 42.1 Å². The van der Waals surface area contributed by atoms with Crippen molar-refractivity contribution in [1.29, 1.82) is 0 Å². The van der Waals surface area contributed by atoms with Crippen LogP contribution in [0.1, 0.15) is 30.0 Å². The van der Waals surface area contributed by atoms with E-state index >= 15 is 0 Å². The fraction of sp³-hybridized carbons (Fsp3) is 0.500. The van der Waals surface area contributed by atoms with Crippen LogP contribution < -0.4 is 4.90 Å². The minimum atomic E-state index is 0.543. The van der Waals surface area contributed by atoms with E-state index in [0.717, 1.165) is 32.0 Å². The molecule has 0 spiro atoms. The van der Waals surface area contributed by atoms with E-state index in [-0.39, 0.29) is 0 Å². The number of benzene rings is 1. The van der Waals surface area contributed by atoms with Crippen LogP contribution in [0.4, 0.5) is 5.82 Å². The zero-order chi connectivity index (χ0) is 14.9. The highest BCUT2D eigenvalue weighted by molar-refractivity contribution is 6.99. The minimum absolute atomic E-state index is 0.543. The summed E-state index contributed by atoms with van der Waals surface area (Å²) in [6.07, 6.45) is 3.80. The van der Waals surface area contributed by atoms with Crippen molar-refractivity contribution in [3.05, 3.63) is 40.5 Å². The first-order chi connectivity index (χ1) is 10.8. The molecule has 4 rings (SSSR count). The van der Waals surface area contributed by atoms with Crippen LogP contribution in [-0.2, 0) is 6.42 Å². The average molecular weight is 335 g/mol. The summed E-state index contributed by atoms with van der Waals surface area (Å²) < 4.78 is 8.39. The zero-order valence-electron chi connectivity index (χ0n) is 12.4. The molecule has 1 saturated heterocycles. The van der Waals surface area contributed by atoms with E-state index in [2.05, 4.69) is 42.8 Å². The molecule has 6 heteroatoms. The van der Waals surface area contributed by atoms with Crippen molar-refractivity contribution in [3.63, 3.8) is 0 Å². The van der Waals surface area contributed by atoms with E-state index in [4.69, 9.17) is 11.6 Å². The van der Waals surface area contributed by atoms with Crippen molar-refractivity contribution in [2.75, 3.05) is 31.1 Å². The van der Waals surface area contributed by atoms with Crippen molar-refractivity contribution >= 4 is 29.1 Å². The van der Waals surface area contributed by atoms with E-state index in [9.17, 15) is 0 Å². The largest absolute Gasteiger partial charge is 0.351 e. The Labute approximate surface area is 140 Å². The van der Waals surface area contributed by atoms with Gasteiger partial charge in [-0.2, -0.15) is 8.75 Å². The van der Waals surface area contributed by atoms with E-state index in [1.54, 1.807) is 0 Å². The minimum Gasteiger partial charge on any atom is -0.351 e. The van der Waals surface area contributed by atoms with Crippen LogP contribution in [0.15, 0.2) is 24.3 Å². The van der Waals surface area contributed by atoms with Crippen molar-refractivity contribution < 1.29 is 0 Å². The first-order valence-electron chi connectivity index (χ1n) is 7.88. The Bertz CT molecular complexity index is 651. The maximum Gasteiger partial charge on any atom is 0.187 e. The van der Waals surface area contributed by atoms with Gasteiger partial charge >= 0.3 is 0 Å². The van der Waals surface area contributed by atoms with Gasteiger partial charge in [0.2, 0.25) is 0 Å². The summed E-state index contributed by atoms with van der Waals surface area (Å²) in [4.78, 5) is 4.89. The molecular formula is C16H19ClN4S. The number of aromatic nitrogens is 2. The molecule has 0 N–H and O–H groups in total. The number of nitrogens with zero attached hydrogens (tertiary/aromatic N) is 4. The normalized spacial score (nSPS) is 22.6. The Kier molecular flexibility index (Phi) is 4.03. The number of hydrogen-bond acceptors (Lipinski definition) is 5. The van der Waals surface area contributed by atoms with Crippen LogP contribution in [0, 0.1) is 0 Å². The lowest BCUT2D eigenvalue weighted by Gasteiger charge is -2.41. The highest BCUT2D eigenvalue weighted by Crippen LogP contribution is 2.35. The van der Waals surface area contributed by atoms with E-state index in [0.29, 0.717) is 11.2 Å². The Balaban J connectivity index is 1.47. The molecule has 22 heavy (non-hydrogen) atoms. The number of anilines is 1. The van der Waals surface area contributed by atoms with Crippen molar-refractivity contribution in [3.8, 4) is 0 Å². The van der Waals surface area contributed by atoms with Gasteiger partial charge in [0.05, 0.1) is 11.7 Å². The third-order valence-corrected chi connectivity index (χ3v) is 5.70. The van der Waals surface area contributed by atoms with Crippen LogP contribution in [0.2, 0.25) is 5.15 Å². The van der Waals surface area contributed by atoms with Crippen molar-refractivity contribution in [2.45, 2.75) is 25.3 Å². The summed E-state index contributed by atoms with van der Waals surface area (Å²) in [5, 5.41) is 0.543. The molecule has 2 heterocycles. The SMILES string of the molecule is Clc1nsnc1N1CCN(C2CCCc3ccccc32)CC1. The van der Waals surface area contributed by atoms with Crippen LogP contribution >= 0.6 is 23.3 Å². The van der Waals surface area contributed by atoms with Crippen molar-refractivity contribution in [2.24, 2.45) is 0 Å². The molecule has 1 aliphatic carbocycles. The highest BCUT2D eigenvalue weighted by atomic mass is 35.5. The molecule has 1 unspecified atom stereocenters. The van der Waals surface area contributed by atoms with E-state index < -0.39 is 0 Å². The monoisotopic (exact) mass is 334 g/mol. The van der Waals surface area contributed by atoms with Gasteiger partial charge in [0.25, 0.3) is 0 Å². The lowest BCUT2D eigenvalue weighted by molar-refractivity contribution is 0.168. The predicted molar refractivity (Wildman–Crippen MR) is 90.8 cm³/mol. The fourth-order valence-corrected chi connectivity index (χ4v) is 4.49. The van der Waals surface area contributed by atoms with E-state index in [1.807, 2.05) is 0 Å². The standard InChI is InChI=1S/C16H19ClN4S/c17-15-16(19-22-18-15)21-10-8-20(9-11-21)14-7-3-5-12-4-1-2-6-13(12)14/h1-2,4,6,14H,3,5,7-11H2. The molecule has 1 aromatic carbocycles. The van der Waals surface area contributed by atoms with Gasteiger partial charge in [-0.3, -0.25) is 4.90 Å². The number of piperazine rings is 1. The lowest BCUT2D eigenvalue weighted by atomic mass is 9.86. The van der Waals surface area contributed by atoms with Gasteiger partial charge in [0.15, 0.2) is 11.0 Å². The van der Waals surface area contributed by atoms with Gasteiger partial charge in [0, 0.05) is 32.2 Å². The summed E-state index contributed by atoms with van der Waals surface area (Å²) in [5.74, 6) is 0.857. The number of halogens is 1. The summed E-state index contributed by atoms with van der Waals surface area (Å²) in [7, 11) is 0. The van der Waals surface area contributed by atoms with Gasteiger partial charge in [-0.1, -0.05) is 35.9 Å². The second-order valence-corrected chi connectivity index (χ2v) is 6.89. The maximum absolute atomic E-state index is 6.11. The molecule has 2 aliphatic rings. The number of hydrogen-bond donors (Lipinski definition) is 0. The molecule has 0 radical (unpaired) electrons. The molecule has 0 amide bonds. The molecule has 2 aromatic rings. The molecule has 116 valence electrons. The zero-order valence-corrected chi connectivity index (χ0v) is 14.0. The molecule has 1 fully saturated rings. The summed E-state index contributed by atoms with van der Waals surface area (Å²) in [5.41, 5.74) is 3.07. The first kappa shape index (κ1) is 14.4. The van der Waals surface area contributed by atoms with Gasteiger partial charge < -0.3 is 4.90 Å². The van der Waals surface area contributed by atoms with Crippen LogP contribution in [0.3, 0.4) is 0 Å². The number of aryl methyl sites for hydroxylation is 1. The number of rotatable bonds is 2. The molecular weight excluding hydrogens is 316 g/mol. The average Bonchev–Trinajstić information content (AvgIpc) is 3.01. The van der Waals surface area contributed by atoms with Crippen LogP contribution in [0.5, 0.6) is 0 Å². The molecule has 0 saturated carbocycles. The van der Waals surface area contributed by atoms with Gasteiger partial charge in [0.1, 0.15) is 0 Å². The quantitative estimate of drug-likeness (QED) is 0.842. The third-order valence-electron chi connectivity index (χ3n) is 4.83. The van der Waals surface area contributed by atoms with Gasteiger partial charge in [-0.15, -0.1) is 0 Å². The Morgan fingerprint density at radius 3 is 2.68 bits per heavy atom. The highest BCUT2D eigenvalue weighted by Gasteiger charge is 2.29. The van der Waals surface area contributed by atoms with Crippen LogP contribution in [0.25, 0.3) is 0 Å². The third kappa shape index (κ3) is 2.62. The second kappa shape index (κ2) is 6.14. The molecule has 4 nitrogen and oxygen atoms in total. The first-order valence-corrected chi connectivity index (χ1v) is 8.98. The van der Waals surface area contributed by atoms with Gasteiger partial charge in [-0.25, -0.2) is 0 Å². The topological polar surface area (TPSA) is 32.3 Å². The predicted octanol–water partition coefficient (Wildman–Crippen LogP) is 3.39. The Morgan fingerprint density at radius 1 is 1.09 bits per heavy atom. The molecule has 1 aromatic heterocycles. The summed E-state index contributed by atoms with van der Waals surface area (Å²) >= 11 is 7.30. The smallest absolute Gasteiger partial charge is 0.187 e. The Morgan fingerprint density at radius 2 is 1.91 bits per heavy atom. The molecule has 0 bridgehead atoms. The van der Waals surface area contributed by atoms with Gasteiger partial charge in [-0.05, 0) is 30.4 Å². The summed E-state index contributed by atoms with van der Waals surface area (Å²) in [6.45, 7) is 4.08. The lowest BCUT2D eigenvalue weighted by Crippen LogP contribution is -2.48. The summed E-state index contributed by atoms with van der Waals surface area (Å²) in [6, 6.07) is 9.52. The molecule has 1 atom stereocenters. The second-order valence-electron chi connectivity index (χ2n) is 6.01. The maximum atomic E-state index is 6.11. The number of fused-ring (bicyclic) bond motifs is 1. The Hall–Kier alpha value is -1.17. The van der Waals surface area contributed by atoms with Crippen molar-refractivity contribution in [1.82, 2.24) is 13.6 Å². The van der Waals surface area contributed by atoms with Crippen LogP contribution in [-0.4, -0.2) is 39.8 Å². The molecule has 1 aliphatic heterocycles. The fourth-order valence-electron chi connectivity index (χ4n) is 3.71.